The number of hydrogen-bond donors (Lipinski definition) is 2. The predicted molar refractivity (Wildman–Crippen MR) is 102 cm³/mol. The highest BCUT2D eigenvalue weighted by Crippen LogP contribution is 2.37. The Bertz CT molecular complexity index is 712. The van der Waals surface area contributed by atoms with Gasteiger partial charge in [0, 0.05) is 5.69 Å². The van der Waals surface area contributed by atoms with Gasteiger partial charge in [-0.2, -0.15) is 0 Å². The zero-order valence-corrected chi connectivity index (χ0v) is 15.2. The Morgan fingerprint density at radius 3 is 2.35 bits per heavy atom. The van der Waals surface area contributed by atoms with E-state index in [1.54, 1.807) is 12.1 Å². The number of nitrogens with two attached hydrogens (primary N) is 1. The zero-order chi connectivity index (χ0) is 17.0. The number of guanidine groups is 1. The third-order valence-corrected chi connectivity index (χ3v) is 4.90. The highest BCUT2D eigenvalue weighted by Gasteiger charge is 2.09. The van der Waals surface area contributed by atoms with E-state index in [0.29, 0.717) is 16.6 Å². The monoisotopic (exact) mass is 369 g/mol. The topological polar surface area (TPSA) is 50.4 Å². The molecule has 2 aromatic carbocycles. The summed E-state index contributed by atoms with van der Waals surface area (Å²) in [5, 5.41) is 3.94. The summed E-state index contributed by atoms with van der Waals surface area (Å²) >= 11 is 18.0. The summed E-state index contributed by atoms with van der Waals surface area (Å²) in [5.41, 5.74) is 8.53. The summed E-state index contributed by atoms with van der Waals surface area (Å²) in [5.74, 6) is 0.756. The van der Waals surface area contributed by atoms with Gasteiger partial charge in [-0.25, -0.2) is 4.99 Å². The number of rotatable bonds is 4. The summed E-state index contributed by atoms with van der Waals surface area (Å²) < 4.78 is 0. The van der Waals surface area contributed by atoms with Crippen molar-refractivity contribution in [2.45, 2.75) is 26.2 Å². The fourth-order valence-electron chi connectivity index (χ4n) is 2.04. The van der Waals surface area contributed by atoms with Crippen LogP contribution in [-0.2, 0) is 0 Å². The van der Waals surface area contributed by atoms with E-state index in [1.165, 1.54) is 5.56 Å². The minimum atomic E-state index is 0.224. The molecule has 3 N–H and O–H groups in total. The molecule has 0 bridgehead atoms. The molecule has 0 aliphatic carbocycles. The minimum absolute atomic E-state index is 0.224. The first-order valence-corrected chi connectivity index (χ1v) is 8.40. The molecule has 0 amide bonds. The van der Waals surface area contributed by atoms with Crippen molar-refractivity contribution in [1.29, 1.82) is 0 Å². The zero-order valence-electron chi connectivity index (χ0n) is 12.9. The lowest BCUT2D eigenvalue weighted by molar-refractivity contribution is 0.734. The molecule has 0 fully saturated rings. The lowest BCUT2D eigenvalue weighted by Gasteiger charge is -2.11. The molecule has 1 atom stereocenters. The standard InChI is InChI=1S/C17H18Cl3N3/c1-3-10(2)11-4-6-12(7-5-11)22-17(21)23-14-9-8-13(18)15(19)16(14)20/h4-10H,3H2,1-2H3,(H3,21,22,23). The van der Waals surface area contributed by atoms with Gasteiger partial charge in [-0.1, -0.05) is 60.8 Å². The number of halogens is 3. The lowest BCUT2D eigenvalue weighted by atomic mass is 9.99. The van der Waals surface area contributed by atoms with Gasteiger partial charge in [0.15, 0.2) is 5.96 Å². The lowest BCUT2D eigenvalue weighted by Crippen LogP contribution is -2.21. The van der Waals surface area contributed by atoms with Crippen molar-refractivity contribution in [3.63, 3.8) is 0 Å². The van der Waals surface area contributed by atoms with Crippen LogP contribution in [0.5, 0.6) is 0 Å². The Balaban J connectivity index is 2.15. The van der Waals surface area contributed by atoms with E-state index >= 15 is 0 Å². The van der Waals surface area contributed by atoms with Crippen LogP contribution in [0.2, 0.25) is 15.1 Å². The van der Waals surface area contributed by atoms with Crippen molar-refractivity contribution in [3.05, 3.63) is 57.0 Å². The van der Waals surface area contributed by atoms with Crippen LogP contribution in [0.3, 0.4) is 0 Å². The van der Waals surface area contributed by atoms with Gasteiger partial charge in [0.2, 0.25) is 0 Å². The quantitative estimate of drug-likeness (QED) is 0.381. The van der Waals surface area contributed by atoms with Crippen LogP contribution < -0.4 is 11.1 Å². The minimum Gasteiger partial charge on any atom is -0.369 e. The van der Waals surface area contributed by atoms with Gasteiger partial charge in [-0.05, 0) is 42.2 Å². The Hall–Kier alpha value is -1.42. The second-order valence-electron chi connectivity index (χ2n) is 5.25. The summed E-state index contributed by atoms with van der Waals surface area (Å²) in [6, 6.07) is 11.4. The SMILES string of the molecule is CCC(C)c1ccc(NC(N)=Nc2ccc(Cl)c(Cl)c2Cl)cc1. The molecule has 2 rings (SSSR count). The summed E-state index contributed by atoms with van der Waals surface area (Å²) in [6.45, 7) is 4.37. The van der Waals surface area contributed by atoms with Crippen LogP contribution in [0.4, 0.5) is 11.4 Å². The summed E-state index contributed by atoms with van der Waals surface area (Å²) in [6.07, 6.45) is 1.10. The molecule has 6 heteroatoms. The van der Waals surface area contributed by atoms with Crippen molar-refractivity contribution >= 4 is 52.1 Å². The molecule has 0 aliphatic rings. The number of nitrogens with one attached hydrogen (secondary N) is 1. The number of nitrogens with zero attached hydrogens (tertiary/aromatic N) is 1. The normalized spacial score (nSPS) is 13.0. The van der Waals surface area contributed by atoms with Gasteiger partial charge in [0.05, 0.1) is 20.8 Å². The van der Waals surface area contributed by atoms with Gasteiger partial charge >= 0.3 is 0 Å². The predicted octanol–water partition coefficient (Wildman–Crippen LogP) is 6.22. The number of anilines is 1. The molecule has 0 saturated heterocycles. The van der Waals surface area contributed by atoms with Gasteiger partial charge < -0.3 is 11.1 Å². The van der Waals surface area contributed by atoms with Gasteiger partial charge in [0.25, 0.3) is 0 Å². The van der Waals surface area contributed by atoms with Crippen LogP contribution in [0, 0.1) is 0 Å². The van der Waals surface area contributed by atoms with E-state index in [2.05, 4.69) is 36.3 Å². The van der Waals surface area contributed by atoms with Crippen LogP contribution in [0.15, 0.2) is 41.4 Å². The van der Waals surface area contributed by atoms with E-state index < -0.39 is 0 Å². The highest BCUT2D eigenvalue weighted by molar-refractivity contribution is 6.49. The fourth-order valence-corrected chi connectivity index (χ4v) is 2.61. The average Bonchev–Trinajstić information content (AvgIpc) is 2.55. The molecular formula is C17H18Cl3N3. The second-order valence-corrected chi connectivity index (χ2v) is 6.41. The number of aliphatic imine (C=N–C) groups is 1. The second kappa shape index (κ2) is 7.91. The molecule has 3 nitrogen and oxygen atoms in total. The molecule has 0 spiro atoms. The van der Waals surface area contributed by atoms with Crippen molar-refractivity contribution in [2.75, 3.05) is 5.32 Å². The van der Waals surface area contributed by atoms with Crippen LogP contribution >= 0.6 is 34.8 Å². The van der Waals surface area contributed by atoms with Crippen molar-refractivity contribution in [2.24, 2.45) is 10.7 Å². The van der Waals surface area contributed by atoms with Crippen LogP contribution in [0.25, 0.3) is 0 Å². The van der Waals surface area contributed by atoms with Gasteiger partial charge in [0.1, 0.15) is 0 Å². The summed E-state index contributed by atoms with van der Waals surface area (Å²) in [4.78, 5) is 4.24. The maximum Gasteiger partial charge on any atom is 0.198 e. The Morgan fingerprint density at radius 2 is 1.74 bits per heavy atom. The maximum atomic E-state index is 6.11. The molecule has 0 heterocycles. The third kappa shape index (κ3) is 4.54. The van der Waals surface area contributed by atoms with Crippen molar-refractivity contribution in [3.8, 4) is 0 Å². The van der Waals surface area contributed by atoms with E-state index in [9.17, 15) is 0 Å². The molecule has 122 valence electrons. The summed E-state index contributed by atoms with van der Waals surface area (Å²) in [7, 11) is 0. The molecule has 0 aliphatic heterocycles. The smallest absolute Gasteiger partial charge is 0.198 e. The third-order valence-electron chi connectivity index (χ3n) is 3.62. The first-order chi connectivity index (χ1) is 10.9. The first-order valence-electron chi connectivity index (χ1n) is 7.27. The van der Waals surface area contributed by atoms with E-state index in [0.717, 1.165) is 12.1 Å². The fraction of sp³-hybridized carbons (Fsp3) is 0.235. The van der Waals surface area contributed by atoms with Crippen molar-refractivity contribution < 1.29 is 0 Å². The van der Waals surface area contributed by atoms with Crippen LogP contribution in [0.1, 0.15) is 31.7 Å². The van der Waals surface area contributed by atoms with Crippen molar-refractivity contribution in [1.82, 2.24) is 0 Å². The van der Waals surface area contributed by atoms with E-state index in [-0.39, 0.29) is 16.0 Å². The Kier molecular flexibility index (Phi) is 6.17. The first kappa shape index (κ1) is 17.9. The number of hydrogen-bond acceptors (Lipinski definition) is 1. The average molecular weight is 371 g/mol. The molecule has 0 saturated carbocycles. The Labute approximate surface area is 151 Å². The van der Waals surface area contributed by atoms with Gasteiger partial charge in [-0.15, -0.1) is 0 Å². The van der Waals surface area contributed by atoms with E-state index in [1.807, 2.05) is 12.1 Å². The molecule has 0 radical (unpaired) electrons. The maximum absolute atomic E-state index is 6.11. The van der Waals surface area contributed by atoms with E-state index in [4.69, 9.17) is 40.5 Å². The molecule has 0 aromatic heterocycles. The number of benzene rings is 2. The molecule has 2 aromatic rings. The molecular weight excluding hydrogens is 353 g/mol. The largest absolute Gasteiger partial charge is 0.369 e. The highest BCUT2D eigenvalue weighted by atomic mass is 35.5. The van der Waals surface area contributed by atoms with Gasteiger partial charge in [-0.3, -0.25) is 0 Å². The molecule has 23 heavy (non-hydrogen) atoms. The molecule has 1 unspecified atom stereocenters. The van der Waals surface area contributed by atoms with Crippen LogP contribution in [-0.4, -0.2) is 5.96 Å². The Morgan fingerprint density at radius 1 is 1.09 bits per heavy atom.